The Balaban J connectivity index is 2.27. The molecule has 3 amide bonds. The first-order chi connectivity index (χ1) is 14.4. The van der Waals surface area contributed by atoms with E-state index in [2.05, 4.69) is 9.47 Å². The molecule has 2 aromatic rings. The van der Waals surface area contributed by atoms with Crippen LogP contribution in [0.15, 0.2) is 48.5 Å². The molecule has 0 radical (unpaired) electrons. The fourth-order valence-corrected chi connectivity index (χ4v) is 2.39. The van der Waals surface area contributed by atoms with Gasteiger partial charge in [0.2, 0.25) is 0 Å². The van der Waals surface area contributed by atoms with E-state index in [1.165, 1.54) is 24.3 Å². The molecule has 0 aromatic heterocycles. The number of hydrogen-bond donors (Lipinski definition) is 1. The van der Waals surface area contributed by atoms with Crippen LogP contribution in [-0.2, 0) is 4.74 Å². The Morgan fingerprint density at radius 2 is 1.58 bits per heavy atom. The molecule has 0 bridgehead atoms. The van der Waals surface area contributed by atoms with Gasteiger partial charge in [-0.05, 0) is 36.4 Å². The summed E-state index contributed by atoms with van der Waals surface area (Å²) in [5, 5.41) is -0.0811. The first-order valence-corrected chi connectivity index (χ1v) is 8.28. The minimum atomic E-state index is -5.69. The molecule has 168 valence electrons. The summed E-state index contributed by atoms with van der Waals surface area (Å²) >= 11 is 5.87. The van der Waals surface area contributed by atoms with Gasteiger partial charge in [0.15, 0.2) is 0 Å². The van der Waals surface area contributed by atoms with E-state index in [0.717, 1.165) is 17.7 Å². The van der Waals surface area contributed by atoms with Gasteiger partial charge in [0, 0.05) is 0 Å². The van der Waals surface area contributed by atoms with Crippen molar-refractivity contribution in [2.45, 2.75) is 18.8 Å². The molecule has 0 saturated carbocycles. The Morgan fingerprint density at radius 1 is 1.00 bits per heavy atom. The van der Waals surface area contributed by atoms with E-state index in [-0.39, 0.29) is 21.2 Å². The number of rotatable bonds is 6. The summed E-state index contributed by atoms with van der Waals surface area (Å²) in [7, 11) is 0. The van der Waals surface area contributed by atoms with Crippen LogP contribution in [0, 0.1) is 0 Å². The van der Waals surface area contributed by atoms with Gasteiger partial charge in [0.05, 0.1) is 16.3 Å². The van der Waals surface area contributed by atoms with Crippen molar-refractivity contribution in [1.82, 2.24) is 5.54 Å². The molecule has 1 atom stereocenters. The van der Waals surface area contributed by atoms with Crippen LogP contribution in [0.2, 0.25) is 5.02 Å². The maximum absolute atomic E-state index is 13.5. The van der Waals surface area contributed by atoms with Gasteiger partial charge < -0.3 is 4.74 Å². The van der Waals surface area contributed by atoms with Crippen LogP contribution in [0.5, 0.6) is 5.75 Å². The lowest BCUT2D eigenvalue weighted by Crippen LogP contribution is -2.42. The van der Waals surface area contributed by atoms with Crippen molar-refractivity contribution in [2.75, 3.05) is 4.90 Å². The number of imide groups is 1. The van der Waals surface area contributed by atoms with Gasteiger partial charge in [-0.1, -0.05) is 28.2 Å². The number of halogens is 8. The molecule has 0 aliphatic heterocycles. The average Bonchev–Trinajstić information content (AvgIpc) is 2.68. The smallest absolute Gasteiger partial charge is 0.429 e. The van der Waals surface area contributed by atoms with Gasteiger partial charge in [-0.15, -0.1) is 13.2 Å². The maximum Gasteiger partial charge on any atom is 0.525 e. The Bertz CT molecular complexity index is 941. The highest BCUT2D eigenvalue weighted by Gasteiger charge is 2.50. The number of benzene rings is 2. The Labute approximate surface area is 174 Å². The Kier molecular flexibility index (Phi) is 7.33. The van der Waals surface area contributed by atoms with Crippen LogP contribution >= 0.6 is 11.6 Å². The molecule has 0 saturated heterocycles. The van der Waals surface area contributed by atoms with Crippen molar-refractivity contribution >= 4 is 29.2 Å². The van der Waals surface area contributed by atoms with Crippen LogP contribution in [0.1, 0.15) is 10.4 Å². The minimum absolute atomic E-state index is 0.0811. The highest BCUT2D eigenvalue weighted by Crippen LogP contribution is 2.33. The lowest BCUT2D eigenvalue weighted by molar-refractivity contribution is -0.411. The molecule has 0 spiro atoms. The summed E-state index contributed by atoms with van der Waals surface area (Å²) in [6.45, 7) is 0. The molecule has 0 aliphatic rings. The zero-order valence-electron chi connectivity index (χ0n) is 14.8. The molecule has 0 aliphatic carbocycles. The third-order valence-electron chi connectivity index (χ3n) is 3.44. The molecule has 0 fully saturated rings. The van der Waals surface area contributed by atoms with Crippen LogP contribution in [0.3, 0.4) is 0 Å². The monoisotopic (exact) mass is 474 g/mol. The molecular formula is C17H10ClF7N2O4. The van der Waals surface area contributed by atoms with Gasteiger partial charge in [0.25, 0.3) is 5.91 Å². The van der Waals surface area contributed by atoms with Crippen molar-refractivity contribution in [2.24, 2.45) is 0 Å². The van der Waals surface area contributed by atoms with E-state index in [0.29, 0.717) is 12.1 Å². The first-order valence-electron chi connectivity index (χ1n) is 7.91. The lowest BCUT2D eigenvalue weighted by atomic mass is 10.2. The molecule has 2 aromatic carbocycles. The maximum atomic E-state index is 13.5. The zero-order chi connectivity index (χ0) is 23.4. The van der Waals surface area contributed by atoms with Gasteiger partial charge in [-0.3, -0.25) is 4.79 Å². The van der Waals surface area contributed by atoms with E-state index in [9.17, 15) is 40.4 Å². The number of amides is 3. The summed E-state index contributed by atoms with van der Waals surface area (Å²) in [6.07, 6.45) is -14.9. The molecule has 31 heavy (non-hydrogen) atoms. The lowest BCUT2D eigenvalue weighted by Gasteiger charge is -2.23. The second-order valence-electron chi connectivity index (χ2n) is 5.56. The SMILES string of the molecule is O=C(NF)N(C(=O)c1ccccc1Cl)c1ccc(OC(F)(F)C(F)OC(F)(F)F)cc1. The second kappa shape index (κ2) is 9.39. The molecule has 14 heteroatoms. The average molecular weight is 475 g/mol. The van der Waals surface area contributed by atoms with E-state index >= 15 is 0 Å². The predicted molar refractivity (Wildman–Crippen MR) is 92.0 cm³/mol. The van der Waals surface area contributed by atoms with Crippen LogP contribution in [0.25, 0.3) is 0 Å². The highest BCUT2D eigenvalue weighted by atomic mass is 35.5. The van der Waals surface area contributed by atoms with E-state index in [1.54, 1.807) is 0 Å². The number of carbonyl (C=O) groups is 2. The van der Waals surface area contributed by atoms with Crippen LogP contribution < -0.4 is 15.2 Å². The molecule has 2 rings (SSSR count). The van der Waals surface area contributed by atoms with Crippen molar-refractivity contribution < 1.29 is 49.9 Å². The van der Waals surface area contributed by atoms with Gasteiger partial charge in [-0.2, -0.15) is 14.3 Å². The Hall–Kier alpha value is -3.06. The Morgan fingerprint density at radius 3 is 2.10 bits per heavy atom. The van der Waals surface area contributed by atoms with Crippen molar-refractivity contribution in [3.05, 3.63) is 59.1 Å². The standard InChI is InChI=1S/C17H10ClF7N2O4/c18-12-4-2-1-3-11(12)13(28)27(15(29)26-25)9-5-7-10(8-6-9)30-16(20,21)14(19)31-17(22,23)24/h1-8,14H,(H,26,29). The molecule has 1 unspecified atom stereocenters. The third kappa shape index (κ3) is 6.21. The molecule has 6 nitrogen and oxygen atoms in total. The van der Waals surface area contributed by atoms with E-state index < -0.39 is 36.5 Å². The summed E-state index contributed by atoms with van der Waals surface area (Å²) in [6, 6.07) is 6.82. The summed E-state index contributed by atoms with van der Waals surface area (Å²) in [5.41, 5.74) is 0.156. The normalized spacial score (nSPS) is 12.8. The molecule has 1 N–H and O–H groups in total. The van der Waals surface area contributed by atoms with Gasteiger partial charge in [-0.25, -0.2) is 18.8 Å². The number of anilines is 1. The molecular weight excluding hydrogens is 465 g/mol. The summed E-state index contributed by atoms with van der Waals surface area (Å²) in [5.74, 6) is -1.95. The third-order valence-corrected chi connectivity index (χ3v) is 3.77. The van der Waals surface area contributed by atoms with E-state index in [4.69, 9.17) is 11.6 Å². The highest BCUT2D eigenvalue weighted by molar-refractivity contribution is 6.35. The first kappa shape index (κ1) is 24.2. The van der Waals surface area contributed by atoms with Crippen molar-refractivity contribution in [3.63, 3.8) is 0 Å². The van der Waals surface area contributed by atoms with Gasteiger partial charge in [0.1, 0.15) is 5.75 Å². The minimum Gasteiger partial charge on any atom is -0.429 e. The fourth-order valence-electron chi connectivity index (χ4n) is 2.18. The molecule has 0 heterocycles. The topological polar surface area (TPSA) is 67.9 Å². The van der Waals surface area contributed by atoms with Crippen molar-refractivity contribution in [1.29, 1.82) is 0 Å². The largest absolute Gasteiger partial charge is 0.525 e. The zero-order valence-corrected chi connectivity index (χ0v) is 15.6. The predicted octanol–water partition coefficient (Wildman–Crippen LogP) is 5.38. The van der Waals surface area contributed by atoms with Gasteiger partial charge >= 0.3 is 24.9 Å². The quantitative estimate of drug-likeness (QED) is 0.451. The number of nitrogens with one attached hydrogen (secondary N) is 1. The number of ether oxygens (including phenoxy) is 2. The second-order valence-corrected chi connectivity index (χ2v) is 5.96. The summed E-state index contributed by atoms with van der Waals surface area (Å²) < 4.78 is 94.9. The number of carbonyl (C=O) groups excluding carboxylic acids is 2. The van der Waals surface area contributed by atoms with Crippen molar-refractivity contribution in [3.8, 4) is 5.75 Å². The number of nitrogens with zero attached hydrogens (tertiary/aromatic N) is 1. The van der Waals surface area contributed by atoms with E-state index in [1.807, 2.05) is 0 Å². The van der Waals surface area contributed by atoms with Crippen LogP contribution in [-0.4, -0.2) is 30.8 Å². The summed E-state index contributed by atoms with van der Waals surface area (Å²) in [4.78, 5) is 24.7. The number of hydrogen-bond acceptors (Lipinski definition) is 4. The van der Waals surface area contributed by atoms with Crippen LogP contribution in [0.4, 0.5) is 41.3 Å². The number of alkyl halides is 6. The number of urea groups is 1. The fraction of sp³-hybridized carbons (Fsp3) is 0.176.